The highest BCUT2D eigenvalue weighted by atomic mass is 16.2. The molecule has 1 saturated carbocycles. The summed E-state index contributed by atoms with van der Waals surface area (Å²) in [6.45, 7) is 3.85. The number of aryl methyl sites for hydroxylation is 1. The van der Waals surface area contributed by atoms with E-state index in [9.17, 15) is 9.59 Å². The maximum Gasteiger partial charge on any atom is 0.254 e. The van der Waals surface area contributed by atoms with E-state index in [2.05, 4.69) is 15.3 Å². The van der Waals surface area contributed by atoms with Gasteiger partial charge in [0.1, 0.15) is 5.82 Å². The molecule has 0 spiro atoms. The maximum atomic E-state index is 12.9. The van der Waals surface area contributed by atoms with Crippen LogP contribution in [0, 0.1) is 12.8 Å². The van der Waals surface area contributed by atoms with Crippen LogP contribution in [0.1, 0.15) is 84.7 Å². The summed E-state index contributed by atoms with van der Waals surface area (Å²) in [5.41, 5.74) is 2.24. The molecule has 4 rings (SSSR count). The highest BCUT2D eigenvalue weighted by Gasteiger charge is 2.28. The molecule has 0 radical (unpaired) electrons. The molecule has 1 aliphatic carbocycles. The molecule has 170 valence electrons. The second-order valence-corrected chi connectivity index (χ2v) is 9.28. The summed E-state index contributed by atoms with van der Waals surface area (Å²) < 4.78 is 0. The first-order valence-corrected chi connectivity index (χ1v) is 12.0. The Kier molecular flexibility index (Phi) is 7.51. The van der Waals surface area contributed by atoms with E-state index < -0.39 is 0 Å². The van der Waals surface area contributed by atoms with Crippen molar-refractivity contribution in [3.05, 3.63) is 59.2 Å². The Morgan fingerprint density at radius 2 is 1.84 bits per heavy atom. The number of hydrogen-bond donors (Lipinski definition) is 1. The highest BCUT2D eigenvalue weighted by molar-refractivity contribution is 5.94. The van der Waals surface area contributed by atoms with Gasteiger partial charge in [-0.3, -0.25) is 9.59 Å². The van der Waals surface area contributed by atoms with Crippen molar-refractivity contribution in [3.63, 3.8) is 0 Å². The van der Waals surface area contributed by atoms with Crippen molar-refractivity contribution in [2.45, 2.75) is 70.8 Å². The summed E-state index contributed by atoms with van der Waals surface area (Å²) in [7, 11) is 0. The number of amides is 2. The van der Waals surface area contributed by atoms with Gasteiger partial charge in [0.05, 0.1) is 11.3 Å². The van der Waals surface area contributed by atoms with Crippen LogP contribution in [0.4, 0.5) is 0 Å². The molecule has 1 aromatic heterocycles. The molecule has 6 heteroatoms. The number of aromatic nitrogens is 2. The first kappa shape index (κ1) is 22.4. The lowest BCUT2D eigenvalue weighted by atomic mass is 9.86. The predicted octanol–water partition coefficient (Wildman–Crippen LogP) is 4.39. The molecule has 2 heterocycles. The van der Waals surface area contributed by atoms with Crippen molar-refractivity contribution in [2.24, 2.45) is 5.92 Å². The van der Waals surface area contributed by atoms with Gasteiger partial charge >= 0.3 is 0 Å². The summed E-state index contributed by atoms with van der Waals surface area (Å²) in [5, 5.41) is 2.94. The Bertz CT molecular complexity index is 925. The number of piperidine rings is 1. The summed E-state index contributed by atoms with van der Waals surface area (Å²) in [6, 6.07) is 9.84. The normalized spacial score (nSPS) is 19.5. The van der Waals surface area contributed by atoms with Crippen molar-refractivity contribution in [1.82, 2.24) is 20.2 Å². The minimum Gasteiger partial charge on any atom is -0.348 e. The van der Waals surface area contributed by atoms with Gasteiger partial charge in [0, 0.05) is 38.2 Å². The summed E-state index contributed by atoms with van der Waals surface area (Å²) >= 11 is 0. The Hall–Kier alpha value is -2.76. The molecule has 1 aromatic carbocycles. The third kappa shape index (κ3) is 5.72. The number of carbonyl (C=O) groups is 2. The fourth-order valence-electron chi connectivity index (χ4n) is 4.96. The van der Waals surface area contributed by atoms with Crippen molar-refractivity contribution >= 4 is 11.8 Å². The van der Waals surface area contributed by atoms with Gasteiger partial charge in [-0.05, 0) is 44.1 Å². The Balaban J connectivity index is 1.35. The average molecular weight is 435 g/mol. The van der Waals surface area contributed by atoms with Gasteiger partial charge in [0.2, 0.25) is 5.91 Å². The van der Waals surface area contributed by atoms with Crippen LogP contribution in [0.3, 0.4) is 0 Å². The van der Waals surface area contributed by atoms with Crippen molar-refractivity contribution in [2.75, 3.05) is 13.1 Å². The third-order valence-electron chi connectivity index (χ3n) is 6.87. The van der Waals surface area contributed by atoms with E-state index in [-0.39, 0.29) is 17.7 Å². The van der Waals surface area contributed by atoms with Gasteiger partial charge in [-0.15, -0.1) is 0 Å². The fourth-order valence-corrected chi connectivity index (χ4v) is 4.96. The minimum absolute atomic E-state index is 0.138. The molecule has 6 nitrogen and oxygen atoms in total. The molecule has 1 N–H and O–H groups in total. The smallest absolute Gasteiger partial charge is 0.254 e. The molecule has 2 aliphatic rings. The van der Waals surface area contributed by atoms with Gasteiger partial charge in [-0.2, -0.15) is 0 Å². The summed E-state index contributed by atoms with van der Waals surface area (Å²) in [5.74, 6) is 1.57. The molecule has 2 aromatic rings. The van der Waals surface area contributed by atoms with E-state index in [0.29, 0.717) is 36.7 Å². The van der Waals surface area contributed by atoms with Gasteiger partial charge < -0.3 is 10.2 Å². The van der Waals surface area contributed by atoms with Crippen LogP contribution < -0.4 is 5.32 Å². The zero-order valence-electron chi connectivity index (χ0n) is 19.1. The summed E-state index contributed by atoms with van der Waals surface area (Å²) in [6.07, 6.45) is 10.5. The Labute approximate surface area is 190 Å². The average Bonchev–Trinajstić information content (AvgIpc) is 2.84. The molecular formula is C26H34N4O2. The zero-order chi connectivity index (χ0) is 22.3. The van der Waals surface area contributed by atoms with Crippen LogP contribution in [0.25, 0.3) is 0 Å². The van der Waals surface area contributed by atoms with E-state index in [1.165, 1.54) is 32.1 Å². The Morgan fingerprint density at radius 1 is 1.06 bits per heavy atom. The number of hydrogen-bond acceptors (Lipinski definition) is 4. The molecule has 1 unspecified atom stereocenters. The maximum absolute atomic E-state index is 12.9. The minimum atomic E-state index is -0.161. The number of rotatable bonds is 6. The zero-order valence-corrected chi connectivity index (χ0v) is 19.1. The van der Waals surface area contributed by atoms with Crippen LogP contribution in [-0.4, -0.2) is 39.8 Å². The van der Waals surface area contributed by atoms with E-state index in [1.807, 2.05) is 42.2 Å². The number of carbonyl (C=O) groups excluding carboxylic acids is 2. The molecule has 2 fully saturated rings. The van der Waals surface area contributed by atoms with E-state index >= 15 is 0 Å². The van der Waals surface area contributed by atoms with Crippen LogP contribution in [0.15, 0.2) is 36.5 Å². The second kappa shape index (κ2) is 10.7. The van der Waals surface area contributed by atoms with Crippen LogP contribution in [-0.2, 0) is 11.3 Å². The van der Waals surface area contributed by atoms with Crippen LogP contribution >= 0.6 is 0 Å². The second-order valence-electron chi connectivity index (χ2n) is 9.28. The number of benzene rings is 1. The van der Waals surface area contributed by atoms with Crippen molar-refractivity contribution in [3.8, 4) is 0 Å². The number of nitrogens with one attached hydrogen (secondary N) is 1. The molecular weight excluding hydrogens is 400 g/mol. The van der Waals surface area contributed by atoms with Crippen LogP contribution in [0.5, 0.6) is 0 Å². The van der Waals surface area contributed by atoms with Crippen molar-refractivity contribution < 1.29 is 9.59 Å². The monoisotopic (exact) mass is 434 g/mol. The SMILES string of the molecule is Cc1nc(C2CCCN(C(=O)CC3CCCCC3)C2)ncc1C(=O)NCc1ccccc1. The largest absolute Gasteiger partial charge is 0.348 e. The quantitative estimate of drug-likeness (QED) is 0.732. The molecule has 1 aliphatic heterocycles. The Morgan fingerprint density at radius 3 is 2.59 bits per heavy atom. The molecule has 1 saturated heterocycles. The lowest BCUT2D eigenvalue weighted by Gasteiger charge is -2.33. The standard InChI is InChI=1S/C26H34N4O2/c1-19-23(26(32)28-16-21-11-6-3-7-12-21)17-27-25(29-19)22-13-8-14-30(18-22)24(31)15-20-9-4-2-5-10-20/h3,6-7,11-12,17,20,22H,2,4-5,8-10,13-16,18H2,1H3,(H,28,32). The third-order valence-corrected chi connectivity index (χ3v) is 6.87. The molecule has 0 bridgehead atoms. The molecule has 2 amide bonds. The lowest BCUT2D eigenvalue weighted by Crippen LogP contribution is -2.40. The van der Waals surface area contributed by atoms with E-state index in [0.717, 1.165) is 30.8 Å². The van der Waals surface area contributed by atoms with E-state index in [4.69, 9.17) is 0 Å². The van der Waals surface area contributed by atoms with Crippen molar-refractivity contribution in [1.29, 1.82) is 0 Å². The van der Waals surface area contributed by atoms with Gasteiger partial charge in [-0.25, -0.2) is 9.97 Å². The molecule has 1 atom stereocenters. The van der Waals surface area contributed by atoms with Gasteiger partial charge in [0.25, 0.3) is 5.91 Å². The van der Waals surface area contributed by atoms with Gasteiger partial charge in [-0.1, -0.05) is 49.6 Å². The lowest BCUT2D eigenvalue weighted by molar-refractivity contribution is -0.133. The van der Waals surface area contributed by atoms with Gasteiger partial charge in [0.15, 0.2) is 0 Å². The van der Waals surface area contributed by atoms with Crippen LogP contribution in [0.2, 0.25) is 0 Å². The fraction of sp³-hybridized carbons (Fsp3) is 0.538. The first-order chi connectivity index (χ1) is 15.6. The number of likely N-dealkylation sites (tertiary alicyclic amines) is 1. The van der Waals surface area contributed by atoms with E-state index in [1.54, 1.807) is 6.20 Å². The first-order valence-electron chi connectivity index (χ1n) is 12.0. The highest BCUT2D eigenvalue weighted by Crippen LogP contribution is 2.29. The summed E-state index contributed by atoms with van der Waals surface area (Å²) in [4.78, 5) is 36.7. The number of nitrogens with zero attached hydrogens (tertiary/aromatic N) is 3. The predicted molar refractivity (Wildman–Crippen MR) is 124 cm³/mol. The molecule has 32 heavy (non-hydrogen) atoms. The topological polar surface area (TPSA) is 75.2 Å².